The molecule has 3 N–H and O–H groups in total. The van der Waals surface area contributed by atoms with E-state index >= 15 is 0 Å². The molecule has 11 nitrogen and oxygen atoms in total. The highest BCUT2D eigenvalue weighted by molar-refractivity contribution is 6.01. The molecule has 0 unspecified atom stereocenters. The summed E-state index contributed by atoms with van der Waals surface area (Å²) in [5.41, 5.74) is 8.68. The van der Waals surface area contributed by atoms with Crippen molar-refractivity contribution >= 4 is 34.1 Å². The molecule has 11 heteroatoms. The lowest BCUT2D eigenvalue weighted by Crippen LogP contribution is -2.36. The summed E-state index contributed by atoms with van der Waals surface area (Å²) in [6.45, 7) is 3.08. The Bertz CT molecular complexity index is 1610. The number of carbonyl (C=O) groups is 2. The fourth-order valence-corrected chi connectivity index (χ4v) is 5.33. The highest BCUT2D eigenvalue weighted by Gasteiger charge is 2.54. The molecule has 4 aromatic rings. The number of nitrogens with two attached hydrogens (primary N) is 1. The van der Waals surface area contributed by atoms with Crippen LogP contribution in [-0.2, 0) is 11.8 Å². The monoisotopic (exact) mass is 497 g/mol. The van der Waals surface area contributed by atoms with Crippen LogP contribution in [0.15, 0.2) is 36.8 Å². The standard InChI is InChI=1S/C26H27N9O2/c1-3-15-11-34(25(37)26(14-27)6-7-26)12-19(15)31-22-18(23(28)36)10-30-35-13-20(32-24(22)35)16-4-5-21-17(8-16)9-29-33(21)2/h4-5,8-10,13,15,19,31H,3,6-7,11-12H2,1-2H3,(H2,28,36)/t15-,19+/m0/s1. The number of aryl methyl sites for hydroxylation is 1. The molecular formula is C26H27N9O2. The SMILES string of the molecule is CC[C@H]1CN(C(=O)C2(C#N)CC2)C[C@H]1Nc1c(C(N)=O)cnn2cc(-c3ccc4c(cnn4C)c3)nc12. The van der Waals surface area contributed by atoms with Crippen LogP contribution in [0.4, 0.5) is 5.69 Å². The average Bonchev–Trinajstić information content (AvgIpc) is 3.21. The summed E-state index contributed by atoms with van der Waals surface area (Å²) >= 11 is 0. The number of likely N-dealkylation sites (tertiary alicyclic amines) is 1. The minimum Gasteiger partial charge on any atom is -0.376 e. The second-order valence-electron chi connectivity index (χ2n) is 10.1. The normalized spacial score (nSPS) is 20.3. The first-order valence-corrected chi connectivity index (χ1v) is 12.4. The molecule has 0 bridgehead atoms. The molecule has 1 saturated carbocycles. The maximum absolute atomic E-state index is 13.0. The molecule has 2 amide bonds. The molecule has 4 heterocycles. The Morgan fingerprint density at radius 1 is 1.24 bits per heavy atom. The minimum atomic E-state index is -0.858. The van der Waals surface area contributed by atoms with Gasteiger partial charge in [0, 0.05) is 37.1 Å². The van der Waals surface area contributed by atoms with E-state index in [0.717, 1.165) is 22.9 Å². The van der Waals surface area contributed by atoms with E-state index in [0.29, 0.717) is 43.0 Å². The van der Waals surface area contributed by atoms with Gasteiger partial charge in [0.2, 0.25) is 5.91 Å². The Hall–Kier alpha value is -4.46. The molecule has 1 saturated heterocycles. The van der Waals surface area contributed by atoms with E-state index in [9.17, 15) is 14.9 Å². The molecule has 2 atom stereocenters. The van der Waals surface area contributed by atoms with Crippen LogP contribution in [0, 0.1) is 22.7 Å². The second-order valence-corrected chi connectivity index (χ2v) is 10.1. The number of primary amides is 1. The number of nitrogens with one attached hydrogen (secondary N) is 1. The lowest BCUT2D eigenvalue weighted by molar-refractivity contribution is -0.134. The third kappa shape index (κ3) is 3.67. The van der Waals surface area contributed by atoms with Crippen LogP contribution in [0.2, 0.25) is 0 Å². The van der Waals surface area contributed by atoms with Crippen LogP contribution < -0.4 is 11.1 Å². The number of aromatic nitrogens is 5. The van der Waals surface area contributed by atoms with Crippen molar-refractivity contribution in [2.75, 3.05) is 18.4 Å². The molecule has 1 aliphatic carbocycles. The Balaban J connectivity index is 1.36. The number of hydrogen-bond donors (Lipinski definition) is 2. The quantitative estimate of drug-likeness (QED) is 0.415. The van der Waals surface area contributed by atoms with Crippen LogP contribution in [0.1, 0.15) is 36.5 Å². The van der Waals surface area contributed by atoms with Gasteiger partial charge in [-0.1, -0.05) is 13.0 Å². The number of nitrogens with zero attached hydrogens (tertiary/aromatic N) is 7. The zero-order valence-electron chi connectivity index (χ0n) is 20.7. The van der Waals surface area contributed by atoms with Gasteiger partial charge in [-0.05, 0) is 37.3 Å². The first-order chi connectivity index (χ1) is 17.8. The number of amides is 2. The summed E-state index contributed by atoms with van der Waals surface area (Å²) in [5.74, 6) is -0.560. The zero-order valence-corrected chi connectivity index (χ0v) is 20.7. The van der Waals surface area contributed by atoms with E-state index in [2.05, 4.69) is 28.5 Å². The third-order valence-corrected chi connectivity index (χ3v) is 7.76. The summed E-state index contributed by atoms with van der Waals surface area (Å²) in [5, 5.41) is 22.7. The summed E-state index contributed by atoms with van der Waals surface area (Å²) in [6, 6.07) is 8.07. The molecular weight excluding hydrogens is 470 g/mol. The van der Waals surface area contributed by atoms with E-state index in [1.807, 2.05) is 36.1 Å². The van der Waals surface area contributed by atoms with Gasteiger partial charge in [-0.25, -0.2) is 9.50 Å². The number of carbonyl (C=O) groups excluding carboxylic acids is 2. The van der Waals surface area contributed by atoms with E-state index in [-0.39, 0.29) is 23.4 Å². The van der Waals surface area contributed by atoms with E-state index in [4.69, 9.17) is 10.7 Å². The topological polar surface area (TPSA) is 147 Å². The van der Waals surface area contributed by atoms with Gasteiger partial charge >= 0.3 is 0 Å². The maximum Gasteiger partial charge on any atom is 0.252 e. The lowest BCUT2D eigenvalue weighted by atomic mass is 10.0. The molecule has 0 spiro atoms. The Labute approximate surface area is 212 Å². The number of nitriles is 1. The predicted octanol–water partition coefficient (Wildman–Crippen LogP) is 2.33. The van der Waals surface area contributed by atoms with Gasteiger partial charge < -0.3 is 16.0 Å². The van der Waals surface area contributed by atoms with Gasteiger partial charge in [0.25, 0.3) is 5.91 Å². The highest BCUT2D eigenvalue weighted by atomic mass is 16.2. The van der Waals surface area contributed by atoms with E-state index in [1.165, 1.54) is 6.20 Å². The Morgan fingerprint density at radius 2 is 2.05 bits per heavy atom. The smallest absolute Gasteiger partial charge is 0.252 e. The first kappa shape index (κ1) is 23.0. The van der Waals surface area contributed by atoms with Crippen LogP contribution in [0.3, 0.4) is 0 Å². The minimum absolute atomic E-state index is 0.0957. The van der Waals surface area contributed by atoms with Crippen LogP contribution in [-0.4, -0.2) is 60.2 Å². The molecule has 37 heavy (non-hydrogen) atoms. The van der Waals surface area contributed by atoms with Gasteiger partial charge in [0.05, 0.1) is 47.1 Å². The fourth-order valence-electron chi connectivity index (χ4n) is 5.33. The summed E-state index contributed by atoms with van der Waals surface area (Å²) in [6.07, 6.45) is 7.13. The third-order valence-electron chi connectivity index (χ3n) is 7.76. The Morgan fingerprint density at radius 3 is 2.76 bits per heavy atom. The highest BCUT2D eigenvalue weighted by Crippen LogP contribution is 2.47. The summed E-state index contributed by atoms with van der Waals surface area (Å²) in [7, 11) is 1.90. The van der Waals surface area contributed by atoms with Crippen LogP contribution in [0.5, 0.6) is 0 Å². The van der Waals surface area contributed by atoms with E-state index < -0.39 is 11.3 Å². The predicted molar refractivity (Wildman–Crippen MR) is 136 cm³/mol. The molecule has 1 aliphatic heterocycles. The lowest BCUT2D eigenvalue weighted by Gasteiger charge is -2.21. The number of imidazole rings is 1. The number of anilines is 1. The molecule has 1 aromatic carbocycles. The van der Waals surface area contributed by atoms with E-state index in [1.54, 1.807) is 15.6 Å². The number of fused-ring (bicyclic) bond motifs is 2. The average molecular weight is 498 g/mol. The van der Waals surface area contributed by atoms with Gasteiger partial charge in [-0.3, -0.25) is 14.3 Å². The molecule has 2 fully saturated rings. The van der Waals surface area contributed by atoms with Gasteiger partial charge in [-0.15, -0.1) is 0 Å². The number of hydrogen-bond acceptors (Lipinski definition) is 7. The van der Waals surface area contributed by atoms with Gasteiger partial charge in [-0.2, -0.15) is 15.5 Å². The van der Waals surface area contributed by atoms with Crippen molar-refractivity contribution in [2.45, 2.75) is 32.2 Å². The van der Waals surface area contributed by atoms with Crippen molar-refractivity contribution in [2.24, 2.45) is 24.1 Å². The van der Waals surface area contributed by atoms with Crippen molar-refractivity contribution < 1.29 is 9.59 Å². The molecule has 3 aromatic heterocycles. The molecule has 188 valence electrons. The number of benzene rings is 1. The first-order valence-electron chi connectivity index (χ1n) is 12.4. The Kier molecular flexibility index (Phi) is 5.15. The summed E-state index contributed by atoms with van der Waals surface area (Å²) < 4.78 is 3.44. The molecule has 0 radical (unpaired) electrons. The van der Waals surface area contributed by atoms with Crippen LogP contribution in [0.25, 0.3) is 27.8 Å². The van der Waals surface area contributed by atoms with Crippen molar-refractivity contribution in [3.8, 4) is 17.3 Å². The van der Waals surface area contributed by atoms with Crippen molar-refractivity contribution in [1.29, 1.82) is 5.26 Å². The largest absolute Gasteiger partial charge is 0.376 e. The van der Waals surface area contributed by atoms with Crippen molar-refractivity contribution in [3.63, 3.8) is 0 Å². The zero-order chi connectivity index (χ0) is 25.9. The molecule has 6 rings (SSSR count). The van der Waals surface area contributed by atoms with Crippen molar-refractivity contribution in [3.05, 3.63) is 42.4 Å². The molecule has 2 aliphatic rings. The van der Waals surface area contributed by atoms with Gasteiger partial charge in [0.15, 0.2) is 5.65 Å². The van der Waals surface area contributed by atoms with Gasteiger partial charge in [0.1, 0.15) is 5.41 Å². The number of rotatable bonds is 6. The van der Waals surface area contributed by atoms with Crippen molar-refractivity contribution in [1.82, 2.24) is 29.3 Å². The summed E-state index contributed by atoms with van der Waals surface area (Å²) in [4.78, 5) is 32.0. The van der Waals surface area contributed by atoms with Crippen LogP contribution >= 0.6 is 0 Å². The second kappa shape index (κ2) is 8.30. The fraction of sp³-hybridized carbons (Fsp3) is 0.385. The maximum atomic E-state index is 13.0.